The van der Waals surface area contributed by atoms with Crippen LogP contribution >= 0.6 is 11.3 Å². The molecule has 0 atom stereocenters. The van der Waals surface area contributed by atoms with Crippen LogP contribution in [0.25, 0.3) is 6.08 Å². The Morgan fingerprint density at radius 1 is 1.08 bits per heavy atom. The Kier molecular flexibility index (Phi) is 7.74. The summed E-state index contributed by atoms with van der Waals surface area (Å²) in [5.74, 6) is -0.534. The van der Waals surface area contributed by atoms with E-state index in [-0.39, 0.29) is 23.2 Å². The molecule has 2 N–H and O–H groups in total. The molecule has 1 aromatic heterocycles. The molecule has 3 amide bonds. The minimum absolute atomic E-state index is 0.0804. The first-order chi connectivity index (χ1) is 17.9. The monoisotopic (exact) mass is 517 g/mol. The first-order valence-electron chi connectivity index (χ1n) is 11.0. The molecular formula is C26H23N5O5S. The summed E-state index contributed by atoms with van der Waals surface area (Å²) in [6.45, 7) is 1.39. The highest BCUT2D eigenvalue weighted by molar-refractivity contribution is 7.14. The zero-order valence-electron chi connectivity index (χ0n) is 20.2. The number of rotatable bonds is 8. The number of amidine groups is 1. The molecule has 0 bridgehead atoms. The molecule has 2 heterocycles. The van der Waals surface area contributed by atoms with Gasteiger partial charge in [-0.1, -0.05) is 47.6 Å². The first kappa shape index (κ1) is 25.3. The van der Waals surface area contributed by atoms with Crippen LogP contribution in [0.4, 0.5) is 5.00 Å². The Bertz CT molecular complexity index is 1410. The van der Waals surface area contributed by atoms with Crippen molar-refractivity contribution in [2.24, 2.45) is 10.1 Å². The minimum Gasteiger partial charge on any atom is -0.497 e. The Morgan fingerprint density at radius 3 is 2.46 bits per heavy atom. The van der Waals surface area contributed by atoms with E-state index in [1.165, 1.54) is 25.4 Å². The van der Waals surface area contributed by atoms with Crippen molar-refractivity contribution in [2.75, 3.05) is 19.5 Å². The highest BCUT2D eigenvalue weighted by Gasteiger charge is 2.34. The van der Waals surface area contributed by atoms with Crippen LogP contribution in [0.15, 0.2) is 81.9 Å². The zero-order chi connectivity index (χ0) is 26.4. The second-order valence-corrected chi connectivity index (χ2v) is 8.60. The molecule has 1 aliphatic heterocycles. The molecule has 11 heteroatoms. The topological polar surface area (TPSA) is 122 Å². The molecule has 188 valence electrons. The number of carbonyl (C=O) groups is 3. The maximum atomic E-state index is 13.4. The number of ether oxygens (including phenoxy) is 1. The van der Waals surface area contributed by atoms with E-state index in [0.29, 0.717) is 21.9 Å². The molecule has 4 rings (SSSR count). The summed E-state index contributed by atoms with van der Waals surface area (Å²) in [5.41, 5.74) is 4.43. The molecule has 10 nitrogen and oxygen atoms in total. The lowest BCUT2D eigenvalue weighted by Gasteiger charge is -2.19. The summed E-state index contributed by atoms with van der Waals surface area (Å²) in [5, 5.41) is 9.77. The summed E-state index contributed by atoms with van der Waals surface area (Å²) in [6, 6.07) is 17.7. The third-order valence-corrected chi connectivity index (χ3v) is 5.94. The Morgan fingerprint density at radius 2 is 1.81 bits per heavy atom. The van der Waals surface area contributed by atoms with Gasteiger partial charge in [0.25, 0.3) is 11.8 Å². The van der Waals surface area contributed by atoms with Crippen LogP contribution in [0.2, 0.25) is 0 Å². The van der Waals surface area contributed by atoms with Crippen molar-refractivity contribution in [2.45, 2.75) is 6.92 Å². The maximum Gasteiger partial charge on any atom is 0.297 e. The fourth-order valence-corrected chi connectivity index (χ4v) is 4.26. The average Bonchev–Trinajstić information content (AvgIpc) is 3.47. The number of hydrogen-bond acceptors (Lipinski definition) is 8. The number of oxime groups is 1. The predicted molar refractivity (Wildman–Crippen MR) is 141 cm³/mol. The number of anilines is 1. The number of nitrogens with one attached hydrogen (secondary N) is 2. The van der Waals surface area contributed by atoms with E-state index >= 15 is 0 Å². The molecule has 0 fully saturated rings. The average molecular weight is 518 g/mol. The van der Waals surface area contributed by atoms with E-state index in [0.717, 1.165) is 10.6 Å². The van der Waals surface area contributed by atoms with Crippen LogP contribution in [0.1, 0.15) is 23.6 Å². The summed E-state index contributed by atoms with van der Waals surface area (Å²) in [6.07, 6.45) is 1.62. The van der Waals surface area contributed by atoms with Crippen molar-refractivity contribution in [1.29, 1.82) is 0 Å². The highest BCUT2D eigenvalue weighted by Crippen LogP contribution is 2.24. The van der Waals surface area contributed by atoms with Gasteiger partial charge in [0.05, 0.1) is 12.1 Å². The Labute approximate surface area is 216 Å². The summed E-state index contributed by atoms with van der Waals surface area (Å²) in [4.78, 5) is 47.4. The Hall–Kier alpha value is -4.77. The third-order valence-electron chi connectivity index (χ3n) is 5.09. The van der Waals surface area contributed by atoms with Crippen LogP contribution in [0.5, 0.6) is 5.75 Å². The van der Waals surface area contributed by atoms with Gasteiger partial charge in [0.15, 0.2) is 11.5 Å². The van der Waals surface area contributed by atoms with Crippen LogP contribution in [0.3, 0.4) is 0 Å². The fraction of sp³-hybridized carbons (Fsp3) is 0.115. The molecule has 3 aromatic rings. The van der Waals surface area contributed by atoms with Crippen molar-refractivity contribution in [3.05, 3.63) is 88.4 Å². The highest BCUT2D eigenvalue weighted by atomic mass is 32.1. The molecule has 2 aromatic carbocycles. The van der Waals surface area contributed by atoms with Crippen molar-refractivity contribution in [3.8, 4) is 5.75 Å². The van der Waals surface area contributed by atoms with E-state index in [9.17, 15) is 14.4 Å². The normalized spacial score (nSPS) is 14.4. The van der Waals surface area contributed by atoms with Gasteiger partial charge >= 0.3 is 0 Å². The van der Waals surface area contributed by atoms with Crippen molar-refractivity contribution in [3.63, 3.8) is 0 Å². The molecule has 0 saturated carbocycles. The number of amides is 3. The molecule has 37 heavy (non-hydrogen) atoms. The number of aliphatic imine (C=N–C) groups is 1. The van der Waals surface area contributed by atoms with Gasteiger partial charge in [-0.25, -0.2) is 4.99 Å². The van der Waals surface area contributed by atoms with Gasteiger partial charge in [-0.3, -0.25) is 19.8 Å². The van der Waals surface area contributed by atoms with Gasteiger partial charge in [0.1, 0.15) is 18.6 Å². The van der Waals surface area contributed by atoms with Crippen LogP contribution in [-0.2, 0) is 19.2 Å². The quantitative estimate of drug-likeness (QED) is 0.269. The van der Waals surface area contributed by atoms with E-state index in [4.69, 9.17) is 9.57 Å². The van der Waals surface area contributed by atoms with Gasteiger partial charge < -0.3 is 14.9 Å². The van der Waals surface area contributed by atoms with E-state index in [1.807, 2.05) is 6.07 Å². The maximum absolute atomic E-state index is 13.4. The zero-order valence-corrected chi connectivity index (χ0v) is 21.0. The number of benzene rings is 2. The van der Waals surface area contributed by atoms with Crippen molar-refractivity contribution in [1.82, 2.24) is 10.4 Å². The molecule has 0 radical (unpaired) electrons. The lowest BCUT2D eigenvalue weighted by Crippen LogP contribution is -2.49. The first-order valence-corrected chi connectivity index (χ1v) is 11.9. The van der Waals surface area contributed by atoms with Gasteiger partial charge in [-0.05, 0) is 29.8 Å². The van der Waals surface area contributed by atoms with Gasteiger partial charge in [-0.15, -0.1) is 11.3 Å². The van der Waals surface area contributed by atoms with Gasteiger partial charge in [0.2, 0.25) is 5.91 Å². The molecule has 1 aliphatic rings. The van der Waals surface area contributed by atoms with Gasteiger partial charge in [-0.2, -0.15) is 5.01 Å². The lowest BCUT2D eigenvalue weighted by atomic mass is 10.2. The van der Waals surface area contributed by atoms with Crippen molar-refractivity contribution >= 4 is 51.7 Å². The van der Waals surface area contributed by atoms with E-state index < -0.39 is 11.8 Å². The number of nitrogens with zero attached hydrogens (tertiary/aromatic N) is 3. The number of methoxy groups -OCH3 is 1. The summed E-state index contributed by atoms with van der Waals surface area (Å²) < 4.78 is 5.18. The predicted octanol–water partition coefficient (Wildman–Crippen LogP) is 3.43. The second-order valence-electron chi connectivity index (χ2n) is 7.69. The largest absolute Gasteiger partial charge is 0.497 e. The molecule has 0 saturated heterocycles. The number of hydrazine groups is 1. The fourth-order valence-electron chi connectivity index (χ4n) is 3.43. The lowest BCUT2D eigenvalue weighted by molar-refractivity contribution is -0.130. The molecule has 0 aliphatic carbocycles. The number of carbonyl (C=O) groups excluding carboxylic acids is 3. The van der Waals surface area contributed by atoms with E-state index in [2.05, 4.69) is 20.9 Å². The molecule has 0 spiro atoms. The third kappa shape index (κ3) is 5.90. The Balaban J connectivity index is 1.65. The smallest absolute Gasteiger partial charge is 0.297 e. The molecular weight excluding hydrogens is 494 g/mol. The standard InChI is InChI=1S/C26H23N5O5S/c1-16(32)27-22-14-19(15-37-22)23(30-36-3)25(33)29-31-24(18-7-5-4-6-8-18)28-21(26(31)34)13-17-9-11-20(35-2)12-10-17/h4-15H,1-3H3,(H,27,32)(H,29,33). The van der Waals surface area contributed by atoms with Crippen molar-refractivity contribution < 1.29 is 24.0 Å². The summed E-state index contributed by atoms with van der Waals surface area (Å²) in [7, 11) is 2.88. The number of hydrogen-bond donors (Lipinski definition) is 2. The molecule has 0 unspecified atom stereocenters. The number of thiophene rings is 1. The van der Waals surface area contributed by atoms with E-state index in [1.54, 1.807) is 73.2 Å². The van der Waals surface area contributed by atoms with Crippen LogP contribution in [0, 0.1) is 0 Å². The SMILES string of the molecule is CON=C(C(=O)NN1C(=O)C(=Cc2ccc(OC)cc2)N=C1c1ccccc1)c1csc(NC(C)=O)c1. The van der Waals surface area contributed by atoms with Crippen LogP contribution < -0.4 is 15.5 Å². The van der Waals surface area contributed by atoms with Crippen LogP contribution in [-0.4, -0.2) is 48.5 Å². The minimum atomic E-state index is -0.697. The van der Waals surface area contributed by atoms with Gasteiger partial charge in [0, 0.05) is 23.4 Å². The summed E-state index contributed by atoms with van der Waals surface area (Å²) >= 11 is 1.22. The second kappa shape index (κ2) is 11.3.